The van der Waals surface area contributed by atoms with Crippen molar-refractivity contribution in [3.63, 3.8) is 0 Å². The SMILES string of the molecule is CCC(CC(C(=O)OCC(C)C)C(=O)OCC(C)C)C(C)C. The maximum absolute atomic E-state index is 12.3. The van der Waals surface area contributed by atoms with Crippen molar-refractivity contribution in [1.29, 1.82) is 0 Å². The van der Waals surface area contributed by atoms with Gasteiger partial charge in [-0.05, 0) is 30.1 Å². The molecule has 4 heteroatoms. The molecular weight excluding hydrogens is 280 g/mol. The zero-order valence-electron chi connectivity index (χ0n) is 15.3. The van der Waals surface area contributed by atoms with Gasteiger partial charge in [0.2, 0.25) is 0 Å². The zero-order valence-corrected chi connectivity index (χ0v) is 15.3. The number of rotatable bonds is 10. The number of hydrogen-bond acceptors (Lipinski definition) is 4. The maximum Gasteiger partial charge on any atom is 0.320 e. The van der Waals surface area contributed by atoms with E-state index in [1.165, 1.54) is 0 Å². The van der Waals surface area contributed by atoms with Crippen LogP contribution in [0, 0.1) is 29.6 Å². The van der Waals surface area contributed by atoms with Crippen LogP contribution >= 0.6 is 0 Å². The summed E-state index contributed by atoms with van der Waals surface area (Å²) in [5, 5.41) is 0. The molecule has 0 aromatic rings. The van der Waals surface area contributed by atoms with Crippen LogP contribution in [0.25, 0.3) is 0 Å². The molecule has 0 amide bonds. The second-order valence-corrected chi connectivity index (χ2v) is 7.25. The lowest BCUT2D eigenvalue weighted by atomic mass is 9.84. The van der Waals surface area contributed by atoms with Crippen molar-refractivity contribution in [3.8, 4) is 0 Å². The highest BCUT2D eigenvalue weighted by Gasteiger charge is 2.33. The Hall–Kier alpha value is -1.06. The molecule has 0 aromatic heterocycles. The van der Waals surface area contributed by atoms with E-state index < -0.39 is 17.9 Å². The summed E-state index contributed by atoms with van der Waals surface area (Å²) in [5.41, 5.74) is 0. The average Bonchev–Trinajstić information content (AvgIpc) is 2.42. The van der Waals surface area contributed by atoms with E-state index in [1.807, 2.05) is 27.7 Å². The normalized spacial score (nSPS) is 13.0. The Morgan fingerprint density at radius 3 is 1.50 bits per heavy atom. The van der Waals surface area contributed by atoms with E-state index >= 15 is 0 Å². The average molecular weight is 314 g/mol. The molecule has 22 heavy (non-hydrogen) atoms. The van der Waals surface area contributed by atoms with Crippen molar-refractivity contribution in [2.45, 2.75) is 61.3 Å². The van der Waals surface area contributed by atoms with Gasteiger partial charge < -0.3 is 9.47 Å². The van der Waals surface area contributed by atoms with Gasteiger partial charge in [0.05, 0.1) is 13.2 Å². The van der Waals surface area contributed by atoms with Gasteiger partial charge in [-0.3, -0.25) is 9.59 Å². The van der Waals surface area contributed by atoms with Gasteiger partial charge in [0.1, 0.15) is 0 Å². The lowest BCUT2D eigenvalue weighted by Gasteiger charge is -2.24. The first kappa shape index (κ1) is 20.9. The molecule has 4 nitrogen and oxygen atoms in total. The Labute approximate surface area is 135 Å². The van der Waals surface area contributed by atoms with E-state index in [0.717, 1.165) is 6.42 Å². The highest BCUT2D eigenvalue weighted by atomic mass is 16.6. The lowest BCUT2D eigenvalue weighted by Crippen LogP contribution is -2.32. The molecule has 130 valence electrons. The van der Waals surface area contributed by atoms with Crippen molar-refractivity contribution in [2.24, 2.45) is 29.6 Å². The third-order valence-electron chi connectivity index (χ3n) is 3.69. The second-order valence-electron chi connectivity index (χ2n) is 7.25. The van der Waals surface area contributed by atoms with Gasteiger partial charge in [0.15, 0.2) is 5.92 Å². The largest absolute Gasteiger partial charge is 0.465 e. The van der Waals surface area contributed by atoms with Crippen LogP contribution in [0.15, 0.2) is 0 Å². The molecule has 0 bridgehead atoms. The fourth-order valence-electron chi connectivity index (χ4n) is 2.20. The van der Waals surface area contributed by atoms with Crippen LogP contribution in [0.5, 0.6) is 0 Å². The quantitative estimate of drug-likeness (QED) is 0.450. The van der Waals surface area contributed by atoms with Crippen molar-refractivity contribution < 1.29 is 19.1 Å². The van der Waals surface area contributed by atoms with Gasteiger partial charge in [-0.2, -0.15) is 0 Å². The van der Waals surface area contributed by atoms with Crippen LogP contribution in [-0.4, -0.2) is 25.2 Å². The van der Waals surface area contributed by atoms with Gasteiger partial charge in [-0.15, -0.1) is 0 Å². The smallest absolute Gasteiger partial charge is 0.320 e. The standard InChI is InChI=1S/C18H34O4/c1-8-15(14(6)7)9-16(17(19)21-10-12(2)3)18(20)22-11-13(4)5/h12-16H,8-11H2,1-7H3. The summed E-state index contributed by atoms with van der Waals surface area (Å²) in [6.07, 6.45) is 1.44. The molecule has 0 N–H and O–H groups in total. The van der Waals surface area contributed by atoms with Crippen LogP contribution in [0.3, 0.4) is 0 Å². The van der Waals surface area contributed by atoms with Gasteiger partial charge >= 0.3 is 11.9 Å². The molecule has 0 aromatic carbocycles. The monoisotopic (exact) mass is 314 g/mol. The summed E-state index contributed by atoms with van der Waals surface area (Å²) in [5.74, 6) is -0.453. The highest BCUT2D eigenvalue weighted by molar-refractivity contribution is 5.94. The first-order chi connectivity index (χ1) is 10.2. The molecule has 0 fully saturated rings. The minimum absolute atomic E-state index is 0.253. The lowest BCUT2D eigenvalue weighted by molar-refractivity contribution is -0.164. The first-order valence-corrected chi connectivity index (χ1v) is 8.52. The number of carbonyl (C=O) groups excluding carboxylic acids is 2. The summed E-state index contributed by atoms with van der Waals surface area (Å²) in [6.45, 7) is 14.9. The van der Waals surface area contributed by atoms with Crippen LogP contribution in [0.4, 0.5) is 0 Å². The summed E-state index contributed by atoms with van der Waals surface area (Å²) >= 11 is 0. The second kappa shape index (κ2) is 10.6. The zero-order chi connectivity index (χ0) is 17.3. The van der Waals surface area contributed by atoms with E-state index in [9.17, 15) is 9.59 Å². The van der Waals surface area contributed by atoms with Crippen molar-refractivity contribution in [2.75, 3.05) is 13.2 Å². The number of hydrogen-bond donors (Lipinski definition) is 0. The molecule has 0 heterocycles. The Morgan fingerprint density at radius 2 is 1.23 bits per heavy atom. The summed E-state index contributed by atoms with van der Waals surface area (Å²) in [7, 11) is 0. The van der Waals surface area contributed by atoms with Crippen LogP contribution in [-0.2, 0) is 19.1 Å². The highest BCUT2D eigenvalue weighted by Crippen LogP contribution is 2.25. The first-order valence-electron chi connectivity index (χ1n) is 8.52. The fourth-order valence-corrected chi connectivity index (χ4v) is 2.20. The predicted molar refractivity (Wildman–Crippen MR) is 88.3 cm³/mol. The predicted octanol–water partition coefficient (Wildman–Crippen LogP) is 4.07. The van der Waals surface area contributed by atoms with Crippen LogP contribution < -0.4 is 0 Å². The minimum atomic E-state index is -0.801. The Bertz CT molecular complexity index is 310. The molecule has 0 spiro atoms. The summed E-state index contributed by atoms with van der Waals surface area (Å²) in [4.78, 5) is 24.6. The van der Waals surface area contributed by atoms with Gasteiger partial charge in [0.25, 0.3) is 0 Å². The third-order valence-corrected chi connectivity index (χ3v) is 3.69. The van der Waals surface area contributed by atoms with Gasteiger partial charge in [-0.25, -0.2) is 0 Å². The fraction of sp³-hybridized carbons (Fsp3) is 0.889. The van der Waals surface area contributed by atoms with Crippen molar-refractivity contribution in [1.82, 2.24) is 0 Å². The van der Waals surface area contributed by atoms with Crippen LogP contribution in [0.1, 0.15) is 61.3 Å². The molecule has 1 atom stereocenters. The Balaban J connectivity index is 4.88. The molecule has 0 rings (SSSR count). The number of esters is 2. The summed E-state index contributed by atoms with van der Waals surface area (Å²) in [6, 6.07) is 0. The Morgan fingerprint density at radius 1 is 0.818 bits per heavy atom. The molecule has 1 unspecified atom stereocenters. The van der Waals surface area contributed by atoms with Gasteiger partial charge in [0, 0.05) is 0 Å². The van der Waals surface area contributed by atoms with E-state index in [4.69, 9.17) is 9.47 Å². The molecule has 0 aliphatic carbocycles. The molecule has 0 saturated carbocycles. The number of carbonyl (C=O) groups is 2. The summed E-state index contributed by atoms with van der Waals surface area (Å²) < 4.78 is 10.6. The maximum atomic E-state index is 12.3. The van der Waals surface area contributed by atoms with Crippen molar-refractivity contribution >= 4 is 11.9 Å². The molecule has 0 saturated heterocycles. The topological polar surface area (TPSA) is 52.6 Å². The van der Waals surface area contributed by atoms with E-state index in [2.05, 4.69) is 20.8 Å². The van der Waals surface area contributed by atoms with E-state index in [-0.39, 0.29) is 11.8 Å². The van der Waals surface area contributed by atoms with E-state index in [1.54, 1.807) is 0 Å². The Kier molecular flexibility index (Phi) is 10.1. The van der Waals surface area contributed by atoms with Gasteiger partial charge in [-0.1, -0.05) is 54.9 Å². The molecule has 0 aliphatic heterocycles. The van der Waals surface area contributed by atoms with Crippen molar-refractivity contribution in [3.05, 3.63) is 0 Å². The third kappa shape index (κ3) is 8.40. The van der Waals surface area contributed by atoms with E-state index in [0.29, 0.717) is 31.5 Å². The molecule has 0 aliphatic rings. The molecule has 0 radical (unpaired) electrons. The number of ether oxygens (including phenoxy) is 2. The molecular formula is C18H34O4. The van der Waals surface area contributed by atoms with Crippen LogP contribution in [0.2, 0.25) is 0 Å². The minimum Gasteiger partial charge on any atom is -0.465 e.